The van der Waals surface area contributed by atoms with Gasteiger partial charge in [-0.05, 0) is 56.1 Å². The largest absolute Gasteiger partial charge is 0.573 e. The number of alkyl halides is 3. The van der Waals surface area contributed by atoms with Gasteiger partial charge in [0.15, 0.2) is 0 Å². The highest BCUT2D eigenvalue weighted by atomic mass is 19.4. The van der Waals surface area contributed by atoms with Crippen molar-refractivity contribution in [3.8, 4) is 17.0 Å². The molecular formula is C23H28F3NO3. The van der Waals surface area contributed by atoms with Crippen molar-refractivity contribution in [2.24, 2.45) is 11.8 Å². The summed E-state index contributed by atoms with van der Waals surface area (Å²) >= 11 is 0. The van der Waals surface area contributed by atoms with E-state index in [1.807, 2.05) is 0 Å². The molecule has 0 spiro atoms. The topological polar surface area (TPSA) is 44.5 Å². The third-order valence-corrected chi connectivity index (χ3v) is 6.17. The molecule has 4 rings (SSSR count). The number of para-hydroxylation sites is 1. The minimum Gasteiger partial charge on any atom is -0.405 e. The van der Waals surface area contributed by atoms with Gasteiger partial charge in [-0.3, -0.25) is 0 Å². The molecule has 1 unspecified atom stereocenters. The molecule has 3 atom stereocenters. The Morgan fingerprint density at radius 2 is 1.90 bits per heavy atom. The van der Waals surface area contributed by atoms with Crippen molar-refractivity contribution < 1.29 is 27.2 Å². The van der Waals surface area contributed by atoms with Crippen LogP contribution in [0.2, 0.25) is 0 Å². The monoisotopic (exact) mass is 423 g/mol. The summed E-state index contributed by atoms with van der Waals surface area (Å²) < 4.78 is 54.8. The Balaban J connectivity index is 1.59. The second-order valence-corrected chi connectivity index (χ2v) is 8.71. The van der Waals surface area contributed by atoms with E-state index in [1.165, 1.54) is 18.6 Å². The number of nitrogens with zero attached hydrogens (tertiary/aromatic N) is 1. The van der Waals surface area contributed by atoms with Crippen molar-refractivity contribution in [1.29, 1.82) is 0 Å². The fourth-order valence-electron chi connectivity index (χ4n) is 4.56. The second-order valence-electron chi connectivity index (χ2n) is 8.71. The lowest BCUT2D eigenvalue weighted by atomic mass is 9.79. The maximum Gasteiger partial charge on any atom is 0.573 e. The van der Waals surface area contributed by atoms with E-state index in [2.05, 4.69) is 23.7 Å². The van der Waals surface area contributed by atoms with Crippen LogP contribution in [0.4, 0.5) is 13.2 Å². The van der Waals surface area contributed by atoms with E-state index in [1.54, 1.807) is 12.1 Å². The smallest absolute Gasteiger partial charge is 0.405 e. The summed E-state index contributed by atoms with van der Waals surface area (Å²) in [5, 5.41) is 4.15. The summed E-state index contributed by atoms with van der Waals surface area (Å²) in [6.45, 7) is 4.75. The average molecular weight is 423 g/mol. The Kier molecular flexibility index (Phi) is 6.09. The van der Waals surface area contributed by atoms with Gasteiger partial charge in [0.2, 0.25) is 0 Å². The number of benzene rings is 1. The van der Waals surface area contributed by atoms with Gasteiger partial charge < -0.3 is 14.0 Å². The first-order chi connectivity index (χ1) is 14.3. The molecule has 2 aliphatic rings. The van der Waals surface area contributed by atoms with Crippen LogP contribution in [0.5, 0.6) is 5.75 Å². The van der Waals surface area contributed by atoms with Gasteiger partial charge in [-0.2, -0.15) is 0 Å². The second kappa shape index (κ2) is 8.61. The third kappa shape index (κ3) is 4.99. The summed E-state index contributed by atoms with van der Waals surface area (Å²) in [4.78, 5) is 0. The van der Waals surface area contributed by atoms with E-state index in [4.69, 9.17) is 9.26 Å². The van der Waals surface area contributed by atoms with Crippen molar-refractivity contribution in [2.75, 3.05) is 0 Å². The molecule has 0 saturated heterocycles. The molecule has 7 heteroatoms. The van der Waals surface area contributed by atoms with E-state index in [-0.39, 0.29) is 23.3 Å². The van der Waals surface area contributed by atoms with Crippen LogP contribution in [-0.2, 0) is 11.3 Å². The summed E-state index contributed by atoms with van der Waals surface area (Å²) in [5.41, 5.74) is 1.40. The molecule has 0 radical (unpaired) electrons. The Bertz CT molecular complexity index is 860. The number of aromatic nitrogens is 1. The number of halogens is 3. The highest BCUT2D eigenvalue weighted by molar-refractivity contribution is 5.70. The van der Waals surface area contributed by atoms with Crippen LogP contribution in [0.1, 0.15) is 69.6 Å². The maximum absolute atomic E-state index is 12.9. The minimum absolute atomic E-state index is 0.148. The zero-order valence-corrected chi connectivity index (χ0v) is 17.4. The number of rotatable bonds is 7. The lowest BCUT2D eigenvalue weighted by Crippen LogP contribution is -2.27. The molecule has 1 heterocycles. The highest BCUT2D eigenvalue weighted by Gasteiger charge is 2.36. The molecular weight excluding hydrogens is 395 g/mol. The molecule has 0 amide bonds. The Morgan fingerprint density at radius 1 is 1.13 bits per heavy atom. The summed E-state index contributed by atoms with van der Waals surface area (Å²) in [6, 6.07) is 6.06. The Hall–Kier alpha value is -2.02. The van der Waals surface area contributed by atoms with E-state index in [0.29, 0.717) is 24.1 Å². The standard InChI is InChI=1S/C23H28F3NO3/c1-3-15-10-14(2)11-17(12-15)28-13-19-21(27-30-22(19)16-8-9-16)18-6-4-5-7-20(18)29-23(24,25)26/h4-7,14-17H,3,8-13H2,1-2H3/t14?,15-,17-/m1/s1. The van der Waals surface area contributed by atoms with Gasteiger partial charge in [0.05, 0.1) is 12.7 Å². The predicted octanol–water partition coefficient (Wildman–Crippen LogP) is 6.85. The number of ether oxygens (including phenoxy) is 2. The van der Waals surface area contributed by atoms with Gasteiger partial charge in [-0.15, -0.1) is 13.2 Å². The van der Waals surface area contributed by atoms with Gasteiger partial charge >= 0.3 is 6.36 Å². The van der Waals surface area contributed by atoms with Crippen LogP contribution in [0.3, 0.4) is 0 Å². The molecule has 2 aliphatic carbocycles. The van der Waals surface area contributed by atoms with Crippen molar-refractivity contribution in [1.82, 2.24) is 5.16 Å². The van der Waals surface area contributed by atoms with Crippen LogP contribution in [0, 0.1) is 11.8 Å². The molecule has 0 bridgehead atoms. The van der Waals surface area contributed by atoms with Crippen LogP contribution in [0.25, 0.3) is 11.3 Å². The first kappa shape index (κ1) is 21.2. The van der Waals surface area contributed by atoms with E-state index in [0.717, 1.165) is 43.4 Å². The van der Waals surface area contributed by atoms with Crippen LogP contribution >= 0.6 is 0 Å². The lowest BCUT2D eigenvalue weighted by molar-refractivity contribution is -0.274. The molecule has 4 nitrogen and oxygen atoms in total. The SMILES string of the molecule is CC[C@@H]1CC(C)C[C@@H](OCc2c(-c3ccccc3OC(F)(F)F)noc2C2CC2)C1. The molecule has 2 fully saturated rings. The molecule has 1 aromatic carbocycles. The van der Waals surface area contributed by atoms with Gasteiger partial charge in [-0.25, -0.2) is 0 Å². The van der Waals surface area contributed by atoms with Gasteiger partial charge in [0, 0.05) is 17.0 Å². The first-order valence-electron chi connectivity index (χ1n) is 10.8. The summed E-state index contributed by atoms with van der Waals surface area (Å²) in [7, 11) is 0. The molecule has 1 aromatic heterocycles. The van der Waals surface area contributed by atoms with Crippen molar-refractivity contribution >= 4 is 0 Å². The molecule has 2 aromatic rings. The zero-order valence-electron chi connectivity index (χ0n) is 17.4. The Morgan fingerprint density at radius 3 is 2.60 bits per heavy atom. The fourth-order valence-corrected chi connectivity index (χ4v) is 4.56. The predicted molar refractivity (Wildman–Crippen MR) is 106 cm³/mol. The lowest BCUT2D eigenvalue weighted by Gasteiger charge is -2.32. The molecule has 0 aliphatic heterocycles. The quantitative estimate of drug-likeness (QED) is 0.489. The van der Waals surface area contributed by atoms with Crippen LogP contribution < -0.4 is 4.74 Å². The van der Waals surface area contributed by atoms with Gasteiger partial charge in [0.25, 0.3) is 0 Å². The zero-order chi connectivity index (χ0) is 21.3. The van der Waals surface area contributed by atoms with Gasteiger partial charge in [-0.1, -0.05) is 37.6 Å². The summed E-state index contributed by atoms with van der Waals surface area (Å²) in [5.74, 6) is 2.00. The van der Waals surface area contributed by atoms with Crippen LogP contribution in [-0.4, -0.2) is 17.6 Å². The summed E-state index contributed by atoms with van der Waals surface area (Å²) in [6.07, 6.45) is 1.76. The van der Waals surface area contributed by atoms with Gasteiger partial charge in [0.1, 0.15) is 17.2 Å². The minimum atomic E-state index is -4.77. The van der Waals surface area contributed by atoms with E-state index < -0.39 is 6.36 Å². The van der Waals surface area contributed by atoms with Crippen molar-refractivity contribution in [3.63, 3.8) is 0 Å². The van der Waals surface area contributed by atoms with Crippen LogP contribution in [0.15, 0.2) is 28.8 Å². The number of hydrogen-bond donors (Lipinski definition) is 0. The fraction of sp³-hybridized carbons (Fsp3) is 0.609. The molecule has 0 N–H and O–H groups in total. The molecule has 30 heavy (non-hydrogen) atoms. The van der Waals surface area contributed by atoms with Crippen molar-refractivity contribution in [2.45, 2.75) is 77.4 Å². The molecule has 164 valence electrons. The van der Waals surface area contributed by atoms with E-state index in [9.17, 15) is 13.2 Å². The maximum atomic E-state index is 12.9. The highest BCUT2D eigenvalue weighted by Crippen LogP contribution is 2.46. The van der Waals surface area contributed by atoms with Crippen molar-refractivity contribution in [3.05, 3.63) is 35.6 Å². The first-order valence-corrected chi connectivity index (χ1v) is 10.8. The molecule has 2 saturated carbocycles. The Labute approximate surface area is 174 Å². The van der Waals surface area contributed by atoms with E-state index >= 15 is 0 Å². The number of hydrogen-bond acceptors (Lipinski definition) is 4. The third-order valence-electron chi connectivity index (χ3n) is 6.17. The normalized spacial score (nSPS) is 24.8. The average Bonchev–Trinajstić information content (AvgIpc) is 3.45.